The Morgan fingerprint density at radius 1 is 1.48 bits per heavy atom. The fraction of sp³-hybridized carbons (Fsp3) is 0.368. The largest absolute Gasteiger partial charge is 0.388 e. The molecule has 0 aliphatic carbocycles. The van der Waals surface area contributed by atoms with Gasteiger partial charge in [0.2, 0.25) is 0 Å². The molecule has 0 amide bonds. The van der Waals surface area contributed by atoms with E-state index in [0.717, 1.165) is 37.2 Å². The summed E-state index contributed by atoms with van der Waals surface area (Å²) in [5, 5.41) is 24.5. The first-order valence-electron chi connectivity index (χ1n) is 8.26. The van der Waals surface area contributed by atoms with Crippen LogP contribution < -0.4 is 0 Å². The van der Waals surface area contributed by atoms with Crippen molar-refractivity contribution in [1.29, 1.82) is 5.26 Å². The highest BCUT2D eigenvalue weighted by atomic mass is 35.5. The molecule has 1 N–H and O–H groups in total. The molecule has 25 heavy (non-hydrogen) atoms. The lowest BCUT2D eigenvalue weighted by Gasteiger charge is -2.22. The summed E-state index contributed by atoms with van der Waals surface area (Å²) < 4.78 is 7.36. The van der Waals surface area contributed by atoms with Crippen molar-refractivity contribution in [3.63, 3.8) is 0 Å². The van der Waals surface area contributed by atoms with Gasteiger partial charge in [-0.1, -0.05) is 24.2 Å². The van der Waals surface area contributed by atoms with Crippen LogP contribution in [0.4, 0.5) is 0 Å². The highest BCUT2D eigenvalue weighted by molar-refractivity contribution is 6.30. The number of aromatic nitrogens is 2. The Morgan fingerprint density at radius 2 is 2.24 bits per heavy atom. The first-order valence-corrected chi connectivity index (χ1v) is 8.64. The second kappa shape index (κ2) is 7.83. The van der Waals surface area contributed by atoms with Crippen molar-refractivity contribution in [1.82, 2.24) is 9.78 Å². The summed E-state index contributed by atoms with van der Waals surface area (Å²) in [6, 6.07) is 7.65. The van der Waals surface area contributed by atoms with Gasteiger partial charge in [-0.3, -0.25) is 4.68 Å². The molecule has 1 aliphatic rings. The average molecular weight is 358 g/mol. The maximum absolute atomic E-state index is 10.5. The lowest BCUT2D eigenvalue weighted by Crippen LogP contribution is -2.19. The number of aliphatic hydroxyl groups excluding tert-OH is 1. The Bertz CT molecular complexity index is 803. The number of ether oxygens (including phenoxy) is 1. The molecular formula is C19H20ClN3O2. The van der Waals surface area contributed by atoms with Crippen LogP contribution in [0.3, 0.4) is 0 Å². The summed E-state index contributed by atoms with van der Waals surface area (Å²) in [6.45, 7) is 5.14. The van der Waals surface area contributed by atoms with Crippen molar-refractivity contribution in [2.45, 2.75) is 31.4 Å². The lowest BCUT2D eigenvalue weighted by molar-refractivity contribution is 0.0662. The molecule has 1 saturated heterocycles. The van der Waals surface area contributed by atoms with Gasteiger partial charge in [-0.05, 0) is 36.1 Å². The predicted molar refractivity (Wildman–Crippen MR) is 96.1 cm³/mol. The number of rotatable bonds is 5. The quantitative estimate of drug-likeness (QED) is 0.819. The second-order valence-corrected chi connectivity index (χ2v) is 6.66. The maximum atomic E-state index is 10.5. The van der Waals surface area contributed by atoms with E-state index in [-0.39, 0.29) is 6.42 Å². The highest BCUT2D eigenvalue weighted by Crippen LogP contribution is 2.34. The number of hydrogen-bond donors (Lipinski definition) is 1. The van der Waals surface area contributed by atoms with Gasteiger partial charge in [0.25, 0.3) is 0 Å². The molecule has 1 aromatic carbocycles. The van der Waals surface area contributed by atoms with E-state index in [1.807, 2.05) is 23.0 Å². The number of hydrogen-bond acceptors (Lipinski definition) is 4. The van der Waals surface area contributed by atoms with Crippen LogP contribution in [-0.2, 0) is 4.74 Å². The van der Waals surface area contributed by atoms with Gasteiger partial charge in [-0.2, -0.15) is 10.4 Å². The zero-order chi connectivity index (χ0) is 17.8. The third-order valence-electron chi connectivity index (χ3n) is 4.45. The fourth-order valence-electron chi connectivity index (χ4n) is 3.08. The Labute approximate surface area is 152 Å². The molecule has 5 nitrogen and oxygen atoms in total. The minimum Gasteiger partial charge on any atom is -0.388 e. The highest BCUT2D eigenvalue weighted by Gasteiger charge is 2.20. The van der Waals surface area contributed by atoms with Gasteiger partial charge in [0.05, 0.1) is 24.4 Å². The van der Waals surface area contributed by atoms with Crippen LogP contribution in [0.5, 0.6) is 0 Å². The molecular weight excluding hydrogens is 338 g/mol. The van der Waals surface area contributed by atoms with E-state index in [2.05, 4.69) is 11.7 Å². The fourth-order valence-corrected chi connectivity index (χ4v) is 3.26. The summed E-state index contributed by atoms with van der Waals surface area (Å²) in [5.41, 5.74) is 2.77. The molecule has 2 aromatic rings. The summed E-state index contributed by atoms with van der Waals surface area (Å²) in [7, 11) is 0. The smallest absolute Gasteiger partial charge is 0.0941 e. The van der Waals surface area contributed by atoms with Crippen LogP contribution >= 0.6 is 11.6 Å². The monoisotopic (exact) mass is 357 g/mol. The first kappa shape index (κ1) is 17.7. The van der Waals surface area contributed by atoms with Crippen LogP contribution in [0.2, 0.25) is 5.02 Å². The first-order chi connectivity index (χ1) is 12.1. The summed E-state index contributed by atoms with van der Waals surface area (Å²) in [4.78, 5) is 0. The molecule has 1 aliphatic heterocycles. The molecule has 0 saturated carbocycles. The van der Waals surface area contributed by atoms with Crippen molar-refractivity contribution in [3.8, 4) is 17.2 Å². The van der Waals surface area contributed by atoms with Crippen molar-refractivity contribution in [3.05, 3.63) is 53.3 Å². The number of benzene rings is 1. The number of aliphatic hydroxyl groups is 1. The SMILES string of the molecule is C=C(C#N)C[C@H](O)c1ccc(Cl)cc1-c1cnn(C2CCOCC2)c1. The molecule has 2 heterocycles. The molecule has 0 unspecified atom stereocenters. The second-order valence-electron chi connectivity index (χ2n) is 6.22. The van der Waals surface area contributed by atoms with Crippen molar-refractivity contribution >= 4 is 11.6 Å². The van der Waals surface area contributed by atoms with E-state index in [9.17, 15) is 5.11 Å². The standard InChI is InChI=1S/C19H20ClN3O2/c1-13(10-21)8-19(24)17-3-2-15(20)9-18(17)14-11-22-23(12-14)16-4-6-25-7-5-16/h2-3,9,11-12,16,19,24H,1,4-8H2/t19-/m0/s1. The third kappa shape index (κ3) is 4.10. The van der Waals surface area contributed by atoms with Crippen LogP contribution in [0.1, 0.15) is 37.0 Å². The van der Waals surface area contributed by atoms with E-state index >= 15 is 0 Å². The number of nitriles is 1. The van der Waals surface area contributed by atoms with Gasteiger partial charge in [-0.15, -0.1) is 0 Å². The van der Waals surface area contributed by atoms with Gasteiger partial charge >= 0.3 is 0 Å². The number of halogens is 1. The summed E-state index contributed by atoms with van der Waals surface area (Å²) >= 11 is 6.16. The Kier molecular flexibility index (Phi) is 5.54. The normalized spacial score (nSPS) is 16.4. The zero-order valence-electron chi connectivity index (χ0n) is 13.9. The molecule has 1 aromatic heterocycles. The summed E-state index contributed by atoms with van der Waals surface area (Å²) in [6.07, 6.45) is 5.03. The van der Waals surface area contributed by atoms with E-state index in [1.165, 1.54) is 0 Å². The lowest BCUT2D eigenvalue weighted by atomic mass is 9.95. The van der Waals surface area contributed by atoms with E-state index in [1.54, 1.807) is 18.3 Å². The molecule has 0 radical (unpaired) electrons. The molecule has 130 valence electrons. The predicted octanol–water partition coefficient (Wildman–Crippen LogP) is 4.06. The van der Waals surface area contributed by atoms with Crippen LogP contribution in [0.15, 0.2) is 42.7 Å². The van der Waals surface area contributed by atoms with Gasteiger partial charge in [-0.25, -0.2) is 0 Å². The minimum absolute atomic E-state index is 0.194. The Balaban J connectivity index is 1.91. The van der Waals surface area contributed by atoms with Crippen molar-refractivity contribution < 1.29 is 9.84 Å². The molecule has 1 atom stereocenters. The van der Waals surface area contributed by atoms with E-state index in [0.29, 0.717) is 22.2 Å². The summed E-state index contributed by atoms with van der Waals surface area (Å²) in [5.74, 6) is 0. The maximum Gasteiger partial charge on any atom is 0.0941 e. The Hall–Kier alpha value is -2.13. The molecule has 0 bridgehead atoms. The van der Waals surface area contributed by atoms with Crippen LogP contribution in [0.25, 0.3) is 11.1 Å². The molecule has 0 spiro atoms. The zero-order valence-corrected chi connectivity index (χ0v) is 14.6. The van der Waals surface area contributed by atoms with Gasteiger partial charge in [0, 0.05) is 42.0 Å². The van der Waals surface area contributed by atoms with Gasteiger partial charge in [0.1, 0.15) is 0 Å². The van der Waals surface area contributed by atoms with Crippen molar-refractivity contribution in [2.24, 2.45) is 0 Å². The Morgan fingerprint density at radius 3 is 2.96 bits per heavy atom. The topological polar surface area (TPSA) is 71.1 Å². The van der Waals surface area contributed by atoms with Gasteiger partial charge < -0.3 is 9.84 Å². The minimum atomic E-state index is -0.814. The molecule has 6 heteroatoms. The number of nitrogens with zero attached hydrogens (tertiary/aromatic N) is 3. The average Bonchev–Trinajstić information content (AvgIpc) is 3.12. The van der Waals surface area contributed by atoms with Gasteiger partial charge in [0.15, 0.2) is 0 Å². The molecule has 3 rings (SSSR count). The van der Waals surface area contributed by atoms with E-state index in [4.69, 9.17) is 21.6 Å². The van der Waals surface area contributed by atoms with Crippen LogP contribution in [-0.4, -0.2) is 28.1 Å². The van der Waals surface area contributed by atoms with E-state index < -0.39 is 6.10 Å². The van der Waals surface area contributed by atoms with Crippen molar-refractivity contribution in [2.75, 3.05) is 13.2 Å². The van der Waals surface area contributed by atoms with Crippen LogP contribution in [0, 0.1) is 11.3 Å². The third-order valence-corrected chi connectivity index (χ3v) is 4.68. The molecule has 1 fully saturated rings.